The number of aryl methyl sites for hydroxylation is 1. The van der Waals surface area contributed by atoms with Gasteiger partial charge in [-0.05, 0) is 49.0 Å². The minimum Gasteiger partial charge on any atom is -0.488 e. The first-order chi connectivity index (χ1) is 15.5. The number of amidine groups is 1. The molecule has 1 heterocycles. The van der Waals surface area contributed by atoms with Gasteiger partial charge in [-0.15, -0.1) is 0 Å². The van der Waals surface area contributed by atoms with Crippen LogP contribution in [-0.4, -0.2) is 23.0 Å². The molecule has 6 heteroatoms. The summed E-state index contributed by atoms with van der Waals surface area (Å²) in [7, 11) is 1.73. The molecule has 32 heavy (non-hydrogen) atoms. The maximum Gasteiger partial charge on any atom is 0.266 e. The summed E-state index contributed by atoms with van der Waals surface area (Å²) in [4.78, 5) is 19.6. The molecule has 0 radical (unpaired) electrons. The van der Waals surface area contributed by atoms with Crippen LogP contribution in [0.3, 0.4) is 0 Å². The summed E-state index contributed by atoms with van der Waals surface area (Å²) in [5.74, 6) is 0.540. The second kappa shape index (κ2) is 9.54. The average Bonchev–Trinajstić information content (AvgIpc) is 3.08. The lowest BCUT2D eigenvalue weighted by atomic mass is 10.1. The third kappa shape index (κ3) is 4.74. The van der Waals surface area contributed by atoms with E-state index in [1.807, 2.05) is 79.7 Å². The van der Waals surface area contributed by atoms with Crippen LogP contribution in [0.4, 0.5) is 5.69 Å². The molecular weight excluding hydrogens is 418 g/mol. The SMILES string of the molecule is Cc1ccc(N=C2S/C(=C/c3ccccc3OCc3ccccc3C#N)C(=O)N2C)cc1. The Hall–Kier alpha value is -3.82. The van der Waals surface area contributed by atoms with Gasteiger partial charge in [-0.2, -0.15) is 5.26 Å². The first kappa shape index (κ1) is 21.4. The lowest BCUT2D eigenvalue weighted by Gasteiger charge is -2.10. The summed E-state index contributed by atoms with van der Waals surface area (Å²) in [6.07, 6.45) is 1.83. The number of nitrogens with zero attached hydrogens (tertiary/aromatic N) is 3. The summed E-state index contributed by atoms with van der Waals surface area (Å²) in [6.45, 7) is 2.29. The number of ether oxygens (including phenoxy) is 1. The van der Waals surface area contributed by atoms with Crippen molar-refractivity contribution >= 4 is 34.6 Å². The number of para-hydroxylation sites is 1. The number of thioether (sulfide) groups is 1. The van der Waals surface area contributed by atoms with Crippen molar-refractivity contribution in [3.05, 3.63) is 100.0 Å². The number of amides is 1. The van der Waals surface area contributed by atoms with Gasteiger partial charge in [-0.25, -0.2) is 4.99 Å². The van der Waals surface area contributed by atoms with Gasteiger partial charge < -0.3 is 4.74 Å². The quantitative estimate of drug-likeness (QED) is 0.480. The van der Waals surface area contributed by atoms with Crippen molar-refractivity contribution < 1.29 is 9.53 Å². The van der Waals surface area contributed by atoms with Gasteiger partial charge in [-0.3, -0.25) is 9.69 Å². The van der Waals surface area contributed by atoms with E-state index in [2.05, 4.69) is 11.1 Å². The number of benzene rings is 3. The molecule has 0 aromatic heterocycles. The molecule has 0 saturated carbocycles. The lowest BCUT2D eigenvalue weighted by Crippen LogP contribution is -2.23. The fourth-order valence-electron chi connectivity index (χ4n) is 3.16. The van der Waals surface area contributed by atoms with Crippen LogP contribution in [0.1, 0.15) is 22.3 Å². The molecule has 3 aromatic rings. The van der Waals surface area contributed by atoms with E-state index < -0.39 is 0 Å². The van der Waals surface area contributed by atoms with E-state index in [4.69, 9.17) is 4.74 Å². The Morgan fingerprint density at radius 1 is 1.06 bits per heavy atom. The Bertz CT molecular complexity index is 1260. The highest BCUT2D eigenvalue weighted by atomic mass is 32.2. The largest absolute Gasteiger partial charge is 0.488 e. The third-order valence-electron chi connectivity index (χ3n) is 4.99. The Balaban J connectivity index is 1.57. The molecule has 0 atom stereocenters. The standard InChI is InChI=1S/C26H21N3O2S/c1-18-11-13-22(14-12-18)28-26-29(2)25(30)24(32-26)15-19-7-5-6-10-23(19)31-17-21-9-4-3-8-20(21)16-27/h3-15H,17H2,1-2H3/b24-15+,28-26?. The van der Waals surface area contributed by atoms with Crippen LogP contribution in [0.2, 0.25) is 0 Å². The van der Waals surface area contributed by atoms with Crippen molar-refractivity contribution in [2.24, 2.45) is 4.99 Å². The molecule has 4 rings (SSSR count). The van der Waals surface area contributed by atoms with E-state index in [0.717, 1.165) is 22.4 Å². The maximum atomic E-state index is 12.8. The molecule has 1 fully saturated rings. The molecule has 0 aliphatic carbocycles. The molecule has 1 saturated heterocycles. The highest BCUT2D eigenvalue weighted by molar-refractivity contribution is 8.18. The van der Waals surface area contributed by atoms with Crippen LogP contribution in [0.25, 0.3) is 6.08 Å². The van der Waals surface area contributed by atoms with Crippen LogP contribution in [0.15, 0.2) is 82.7 Å². The zero-order valence-electron chi connectivity index (χ0n) is 17.8. The Morgan fingerprint density at radius 3 is 2.56 bits per heavy atom. The van der Waals surface area contributed by atoms with Crippen LogP contribution < -0.4 is 4.74 Å². The number of likely N-dealkylation sites (N-methyl/N-ethyl adjacent to an activating group) is 1. The fourth-order valence-corrected chi connectivity index (χ4v) is 4.14. The number of rotatable bonds is 5. The van der Waals surface area contributed by atoms with Crippen molar-refractivity contribution in [2.75, 3.05) is 7.05 Å². The van der Waals surface area contributed by atoms with E-state index >= 15 is 0 Å². The minimum absolute atomic E-state index is 0.106. The normalized spacial score (nSPS) is 15.9. The number of nitriles is 1. The number of carbonyl (C=O) groups is 1. The van der Waals surface area contributed by atoms with E-state index in [9.17, 15) is 10.1 Å². The van der Waals surface area contributed by atoms with E-state index in [-0.39, 0.29) is 12.5 Å². The third-order valence-corrected chi connectivity index (χ3v) is 6.05. The molecule has 5 nitrogen and oxygen atoms in total. The van der Waals surface area contributed by atoms with Gasteiger partial charge in [0.15, 0.2) is 5.17 Å². The average molecular weight is 440 g/mol. The molecule has 1 aliphatic rings. The van der Waals surface area contributed by atoms with Crippen LogP contribution in [-0.2, 0) is 11.4 Å². The molecule has 0 unspecified atom stereocenters. The molecule has 0 bridgehead atoms. The fraction of sp³-hybridized carbons (Fsp3) is 0.115. The first-order valence-electron chi connectivity index (χ1n) is 10.1. The van der Waals surface area contributed by atoms with Gasteiger partial charge >= 0.3 is 0 Å². The van der Waals surface area contributed by atoms with Crippen molar-refractivity contribution in [3.8, 4) is 11.8 Å². The number of hydrogen-bond acceptors (Lipinski definition) is 5. The van der Waals surface area contributed by atoms with Crippen LogP contribution in [0.5, 0.6) is 5.75 Å². The number of hydrogen-bond donors (Lipinski definition) is 0. The van der Waals surface area contributed by atoms with Crippen molar-refractivity contribution in [2.45, 2.75) is 13.5 Å². The van der Waals surface area contributed by atoms with Crippen LogP contribution in [0, 0.1) is 18.3 Å². The molecule has 3 aromatic carbocycles. The second-order valence-electron chi connectivity index (χ2n) is 7.30. The maximum absolute atomic E-state index is 12.8. The summed E-state index contributed by atoms with van der Waals surface area (Å²) >= 11 is 1.34. The van der Waals surface area contributed by atoms with Crippen molar-refractivity contribution in [1.82, 2.24) is 4.90 Å². The monoisotopic (exact) mass is 439 g/mol. The topological polar surface area (TPSA) is 65.7 Å². The Labute approximate surface area is 191 Å². The summed E-state index contributed by atoms with van der Waals surface area (Å²) in [5.41, 5.74) is 4.16. The molecule has 0 N–H and O–H groups in total. The van der Waals surface area contributed by atoms with Crippen molar-refractivity contribution in [3.63, 3.8) is 0 Å². The predicted molar refractivity (Wildman–Crippen MR) is 129 cm³/mol. The zero-order chi connectivity index (χ0) is 22.5. The molecule has 0 spiro atoms. The molecule has 158 valence electrons. The van der Waals surface area contributed by atoms with Gasteiger partial charge in [0, 0.05) is 18.2 Å². The summed E-state index contributed by atoms with van der Waals surface area (Å²) < 4.78 is 6.01. The van der Waals surface area contributed by atoms with Crippen LogP contribution >= 0.6 is 11.8 Å². The van der Waals surface area contributed by atoms with Gasteiger partial charge in [0.05, 0.1) is 22.2 Å². The smallest absolute Gasteiger partial charge is 0.266 e. The molecule has 1 aliphatic heterocycles. The van der Waals surface area contributed by atoms with E-state index in [1.165, 1.54) is 11.8 Å². The Kier molecular flexibility index (Phi) is 6.39. The summed E-state index contributed by atoms with van der Waals surface area (Å²) in [5, 5.41) is 9.92. The molecular formula is C26H21N3O2S. The summed E-state index contributed by atoms with van der Waals surface area (Å²) in [6, 6.07) is 24.9. The van der Waals surface area contributed by atoms with E-state index in [0.29, 0.717) is 21.4 Å². The second-order valence-corrected chi connectivity index (χ2v) is 8.31. The minimum atomic E-state index is -0.106. The van der Waals surface area contributed by atoms with Gasteiger partial charge in [0.25, 0.3) is 5.91 Å². The highest BCUT2D eigenvalue weighted by Crippen LogP contribution is 2.34. The molecule has 1 amide bonds. The van der Waals surface area contributed by atoms with Gasteiger partial charge in [0.2, 0.25) is 0 Å². The van der Waals surface area contributed by atoms with Gasteiger partial charge in [0.1, 0.15) is 12.4 Å². The number of carbonyl (C=O) groups excluding carboxylic acids is 1. The van der Waals surface area contributed by atoms with E-state index in [1.54, 1.807) is 18.0 Å². The Morgan fingerprint density at radius 2 is 1.78 bits per heavy atom. The lowest BCUT2D eigenvalue weighted by molar-refractivity contribution is -0.121. The van der Waals surface area contributed by atoms with Gasteiger partial charge in [-0.1, -0.05) is 54.1 Å². The predicted octanol–water partition coefficient (Wildman–Crippen LogP) is 5.68. The highest BCUT2D eigenvalue weighted by Gasteiger charge is 2.30. The first-order valence-corrected chi connectivity index (χ1v) is 10.9. The van der Waals surface area contributed by atoms with Crippen molar-refractivity contribution in [1.29, 1.82) is 5.26 Å². The zero-order valence-corrected chi connectivity index (χ0v) is 18.6. The number of aliphatic imine (C=N–C) groups is 1.